The lowest BCUT2D eigenvalue weighted by Gasteiger charge is -2.35. The van der Waals surface area contributed by atoms with Crippen LogP contribution in [0.2, 0.25) is 0 Å². The second-order valence-corrected chi connectivity index (χ2v) is 7.30. The SMILES string of the molecule is Cc1ccccc1C1(c2nc(C3(N)CCCC3)no2)CCOCC1. The van der Waals surface area contributed by atoms with E-state index in [-0.39, 0.29) is 5.41 Å². The molecular weight excluding hydrogens is 302 g/mol. The summed E-state index contributed by atoms with van der Waals surface area (Å²) < 4.78 is 11.4. The topological polar surface area (TPSA) is 74.2 Å². The maximum absolute atomic E-state index is 6.53. The fraction of sp³-hybridized carbons (Fsp3) is 0.579. The summed E-state index contributed by atoms with van der Waals surface area (Å²) in [6, 6.07) is 8.47. The number of nitrogens with two attached hydrogens (primary N) is 1. The first-order valence-electron chi connectivity index (χ1n) is 8.92. The number of aromatic nitrogens is 2. The van der Waals surface area contributed by atoms with Crippen LogP contribution in [-0.4, -0.2) is 23.4 Å². The van der Waals surface area contributed by atoms with Gasteiger partial charge in [-0.05, 0) is 43.7 Å². The average molecular weight is 327 g/mol. The van der Waals surface area contributed by atoms with Crippen LogP contribution in [0.4, 0.5) is 0 Å². The van der Waals surface area contributed by atoms with Gasteiger partial charge < -0.3 is 15.0 Å². The normalized spacial score (nSPS) is 22.6. The largest absolute Gasteiger partial charge is 0.381 e. The summed E-state index contributed by atoms with van der Waals surface area (Å²) >= 11 is 0. The molecule has 2 heterocycles. The first kappa shape index (κ1) is 15.8. The highest BCUT2D eigenvalue weighted by Crippen LogP contribution is 2.43. The molecule has 0 bridgehead atoms. The lowest BCUT2D eigenvalue weighted by atomic mass is 9.72. The van der Waals surface area contributed by atoms with E-state index in [0.29, 0.717) is 24.9 Å². The molecule has 128 valence electrons. The van der Waals surface area contributed by atoms with E-state index in [1.807, 2.05) is 0 Å². The van der Waals surface area contributed by atoms with Crippen LogP contribution in [0.15, 0.2) is 28.8 Å². The maximum atomic E-state index is 6.53. The van der Waals surface area contributed by atoms with E-state index in [9.17, 15) is 0 Å². The van der Waals surface area contributed by atoms with Crippen LogP contribution >= 0.6 is 0 Å². The van der Waals surface area contributed by atoms with Crippen LogP contribution in [0.3, 0.4) is 0 Å². The highest BCUT2D eigenvalue weighted by Gasteiger charge is 2.44. The number of ether oxygens (including phenoxy) is 1. The molecule has 2 fully saturated rings. The number of rotatable bonds is 3. The van der Waals surface area contributed by atoms with Crippen LogP contribution in [0.5, 0.6) is 0 Å². The number of nitrogens with zero attached hydrogens (tertiary/aromatic N) is 2. The quantitative estimate of drug-likeness (QED) is 0.937. The van der Waals surface area contributed by atoms with Crippen molar-refractivity contribution in [2.75, 3.05) is 13.2 Å². The third-order valence-electron chi connectivity index (χ3n) is 5.78. The summed E-state index contributed by atoms with van der Waals surface area (Å²) in [6.07, 6.45) is 5.86. The molecule has 0 atom stereocenters. The summed E-state index contributed by atoms with van der Waals surface area (Å²) in [5.74, 6) is 1.38. The van der Waals surface area contributed by atoms with Gasteiger partial charge in [0.05, 0.1) is 11.0 Å². The minimum Gasteiger partial charge on any atom is -0.381 e. The van der Waals surface area contributed by atoms with Crippen LogP contribution in [0.1, 0.15) is 61.4 Å². The molecule has 1 aromatic heterocycles. The van der Waals surface area contributed by atoms with E-state index in [1.165, 1.54) is 11.1 Å². The third kappa shape index (κ3) is 2.47. The molecule has 1 saturated carbocycles. The minimum atomic E-state index is -0.417. The zero-order valence-electron chi connectivity index (χ0n) is 14.3. The molecule has 5 heteroatoms. The van der Waals surface area contributed by atoms with Gasteiger partial charge in [0.1, 0.15) is 0 Å². The predicted octanol–water partition coefficient (Wildman–Crippen LogP) is 3.20. The Kier molecular flexibility index (Phi) is 3.93. The van der Waals surface area contributed by atoms with Gasteiger partial charge in [-0.3, -0.25) is 0 Å². The first-order chi connectivity index (χ1) is 11.6. The lowest BCUT2D eigenvalue weighted by Crippen LogP contribution is -2.37. The summed E-state index contributed by atoms with van der Waals surface area (Å²) in [5.41, 5.74) is 8.37. The molecule has 2 aromatic rings. The summed E-state index contributed by atoms with van der Waals surface area (Å²) in [6.45, 7) is 3.56. The Bertz CT molecular complexity index is 713. The molecule has 5 nitrogen and oxygen atoms in total. The maximum Gasteiger partial charge on any atom is 0.237 e. The van der Waals surface area contributed by atoms with Crippen LogP contribution in [-0.2, 0) is 15.7 Å². The van der Waals surface area contributed by atoms with Gasteiger partial charge in [-0.2, -0.15) is 4.98 Å². The minimum absolute atomic E-state index is 0.260. The molecule has 1 saturated heterocycles. The van der Waals surface area contributed by atoms with Gasteiger partial charge in [-0.1, -0.05) is 42.3 Å². The first-order valence-corrected chi connectivity index (χ1v) is 8.92. The third-order valence-corrected chi connectivity index (χ3v) is 5.78. The number of hydrogen-bond acceptors (Lipinski definition) is 5. The molecular formula is C19H25N3O2. The van der Waals surface area contributed by atoms with Crippen molar-refractivity contribution in [1.29, 1.82) is 0 Å². The van der Waals surface area contributed by atoms with E-state index in [1.54, 1.807) is 0 Å². The van der Waals surface area contributed by atoms with E-state index < -0.39 is 5.54 Å². The Morgan fingerprint density at radius 2 is 1.75 bits per heavy atom. The van der Waals surface area contributed by atoms with Crippen molar-refractivity contribution in [3.8, 4) is 0 Å². The smallest absolute Gasteiger partial charge is 0.237 e. The molecule has 4 rings (SSSR count). The lowest BCUT2D eigenvalue weighted by molar-refractivity contribution is 0.0521. The molecule has 1 aliphatic heterocycles. The molecule has 2 N–H and O–H groups in total. The predicted molar refractivity (Wildman–Crippen MR) is 90.6 cm³/mol. The second-order valence-electron chi connectivity index (χ2n) is 7.30. The Morgan fingerprint density at radius 1 is 1.04 bits per heavy atom. The van der Waals surface area contributed by atoms with E-state index in [0.717, 1.165) is 38.5 Å². The van der Waals surface area contributed by atoms with E-state index >= 15 is 0 Å². The molecule has 0 unspecified atom stereocenters. The molecule has 0 radical (unpaired) electrons. The van der Waals surface area contributed by atoms with Crippen LogP contribution < -0.4 is 5.73 Å². The number of benzene rings is 1. The van der Waals surface area contributed by atoms with Gasteiger partial charge in [0.2, 0.25) is 5.89 Å². The van der Waals surface area contributed by atoms with Crippen molar-refractivity contribution in [3.05, 3.63) is 47.1 Å². The Hall–Kier alpha value is -1.72. The Balaban J connectivity index is 1.78. The average Bonchev–Trinajstić information content (AvgIpc) is 3.26. The van der Waals surface area contributed by atoms with Gasteiger partial charge in [0.15, 0.2) is 5.82 Å². The summed E-state index contributed by atoms with van der Waals surface area (Å²) in [4.78, 5) is 4.82. The number of aryl methyl sites for hydroxylation is 1. The van der Waals surface area contributed by atoms with Gasteiger partial charge in [0, 0.05) is 13.2 Å². The fourth-order valence-corrected chi connectivity index (χ4v) is 4.28. The monoisotopic (exact) mass is 327 g/mol. The van der Waals surface area contributed by atoms with Gasteiger partial charge in [0.25, 0.3) is 0 Å². The highest BCUT2D eigenvalue weighted by molar-refractivity contribution is 5.38. The van der Waals surface area contributed by atoms with Crippen molar-refractivity contribution in [3.63, 3.8) is 0 Å². The number of hydrogen-bond donors (Lipinski definition) is 1. The van der Waals surface area contributed by atoms with Crippen molar-refractivity contribution in [2.45, 2.75) is 56.4 Å². The van der Waals surface area contributed by atoms with Crippen molar-refractivity contribution in [2.24, 2.45) is 5.73 Å². The summed E-state index contributed by atoms with van der Waals surface area (Å²) in [5, 5.41) is 4.29. The summed E-state index contributed by atoms with van der Waals surface area (Å²) in [7, 11) is 0. The van der Waals surface area contributed by atoms with Crippen molar-refractivity contribution < 1.29 is 9.26 Å². The zero-order valence-corrected chi connectivity index (χ0v) is 14.3. The molecule has 1 aromatic carbocycles. The molecule has 2 aliphatic rings. The van der Waals surface area contributed by atoms with Gasteiger partial charge >= 0.3 is 0 Å². The zero-order chi connectivity index (χ0) is 16.6. The standard InChI is InChI=1S/C19H25N3O2/c1-14-6-2-3-7-15(14)18(10-12-23-13-11-18)17-21-16(22-24-17)19(20)8-4-5-9-19/h2-3,6-7H,4-5,8-13,20H2,1H3. The van der Waals surface area contributed by atoms with Crippen LogP contribution in [0, 0.1) is 6.92 Å². The van der Waals surface area contributed by atoms with Crippen molar-refractivity contribution in [1.82, 2.24) is 10.1 Å². The van der Waals surface area contributed by atoms with E-state index in [2.05, 4.69) is 36.3 Å². The molecule has 24 heavy (non-hydrogen) atoms. The molecule has 1 aliphatic carbocycles. The Morgan fingerprint density at radius 3 is 2.46 bits per heavy atom. The second kappa shape index (κ2) is 5.97. The van der Waals surface area contributed by atoms with Crippen LogP contribution in [0.25, 0.3) is 0 Å². The fourth-order valence-electron chi connectivity index (χ4n) is 4.28. The highest BCUT2D eigenvalue weighted by atomic mass is 16.5. The molecule has 0 amide bonds. The van der Waals surface area contributed by atoms with Gasteiger partial charge in [-0.25, -0.2) is 0 Å². The van der Waals surface area contributed by atoms with Gasteiger partial charge in [-0.15, -0.1) is 0 Å². The Labute approximate surface area is 142 Å². The molecule has 0 spiro atoms. The van der Waals surface area contributed by atoms with E-state index in [4.69, 9.17) is 20.0 Å². The van der Waals surface area contributed by atoms with Crippen molar-refractivity contribution >= 4 is 0 Å².